The average Bonchev–Trinajstić information content (AvgIpc) is 2.40. The summed E-state index contributed by atoms with van der Waals surface area (Å²) >= 11 is 0. The monoisotopic (exact) mass is 261 g/mol. The van der Waals surface area contributed by atoms with Gasteiger partial charge in [0.1, 0.15) is 11.6 Å². The molecule has 0 aliphatic carbocycles. The highest BCUT2D eigenvalue weighted by atomic mass is 19.1. The topological polar surface area (TPSA) is 47.0 Å². The summed E-state index contributed by atoms with van der Waals surface area (Å²) in [5.74, 6) is 0.622. The van der Waals surface area contributed by atoms with E-state index in [-0.39, 0.29) is 5.82 Å². The number of benzene rings is 1. The van der Waals surface area contributed by atoms with Gasteiger partial charge in [0, 0.05) is 12.6 Å². The number of ether oxygens (including phenoxy) is 1. The van der Waals surface area contributed by atoms with Crippen LogP contribution in [0.4, 0.5) is 4.39 Å². The Kier molecular flexibility index (Phi) is 4.41. The summed E-state index contributed by atoms with van der Waals surface area (Å²) in [6.45, 7) is 4.81. The standard InChI is InChI=1S/C14H16FN3O/c1-10(2)16-7-12-8-18-14(9-17-12)19-13-5-3-11(15)4-6-13/h3-6,8-10,16H,7H2,1-2H3. The molecule has 0 aliphatic heterocycles. The van der Waals surface area contributed by atoms with Gasteiger partial charge in [-0.05, 0) is 24.3 Å². The minimum atomic E-state index is -0.298. The van der Waals surface area contributed by atoms with E-state index in [1.165, 1.54) is 12.1 Å². The second kappa shape index (κ2) is 6.24. The van der Waals surface area contributed by atoms with E-state index >= 15 is 0 Å². The molecular weight excluding hydrogens is 245 g/mol. The molecule has 5 heteroatoms. The third kappa shape index (κ3) is 4.30. The minimum Gasteiger partial charge on any atom is -0.438 e. The number of hydrogen-bond acceptors (Lipinski definition) is 4. The summed E-state index contributed by atoms with van der Waals surface area (Å²) in [5, 5.41) is 3.25. The van der Waals surface area contributed by atoms with E-state index in [1.54, 1.807) is 24.5 Å². The summed E-state index contributed by atoms with van der Waals surface area (Å²) in [4.78, 5) is 8.40. The first-order valence-electron chi connectivity index (χ1n) is 6.11. The second-order valence-corrected chi connectivity index (χ2v) is 4.44. The maximum Gasteiger partial charge on any atom is 0.237 e. The molecule has 1 aromatic heterocycles. The molecule has 0 bridgehead atoms. The first kappa shape index (κ1) is 13.4. The SMILES string of the molecule is CC(C)NCc1cnc(Oc2ccc(F)cc2)cn1. The number of aromatic nitrogens is 2. The van der Waals surface area contributed by atoms with Crippen LogP contribution in [-0.4, -0.2) is 16.0 Å². The van der Waals surface area contributed by atoms with Gasteiger partial charge in [0.2, 0.25) is 5.88 Å². The van der Waals surface area contributed by atoms with Crippen molar-refractivity contribution in [3.8, 4) is 11.6 Å². The fraction of sp³-hybridized carbons (Fsp3) is 0.286. The van der Waals surface area contributed by atoms with E-state index < -0.39 is 0 Å². The van der Waals surface area contributed by atoms with Crippen LogP contribution in [0.15, 0.2) is 36.7 Å². The van der Waals surface area contributed by atoms with Gasteiger partial charge < -0.3 is 10.1 Å². The lowest BCUT2D eigenvalue weighted by Crippen LogP contribution is -2.22. The fourth-order valence-corrected chi connectivity index (χ4v) is 1.42. The van der Waals surface area contributed by atoms with Gasteiger partial charge >= 0.3 is 0 Å². The van der Waals surface area contributed by atoms with E-state index in [0.29, 0.717) is 24.2 Å². The molecule has 0 saturated heterocycles. The molecule has 1 N–H and O–H groups in total. The predicted molar refractivity (Wildman–Crippen MR) is 70.5 cm³/mol. The smallest absolute Gasteiger partial charge is 0.237 e. The minimum absolute atomic E-state index is 0.298. The Hall–Kier alpha value is -2.01. The zero-order chi connectivity index (χ0) is 13.7. The van der Waals surface area contributed by atoms with Gasteiger partial charge in [-0.15, -0.1) is 0 Å². The lowest BCUT2D eigenvalue weighted by atomic mass is 10.3. The maximum atomic E-state index is 12.7. The van der Waals surface area contributed by atoms with Crippen molar-refractivity contribution in [1.82, 2.24) is 15.3 Å². The Bertz CT molecular complexity index is 511. The molecule has 0 atom stereocenters. The van der Waals surface area contributed by atoms with Gasteiger partial charge in [0.25, 0.3) is 0 Å². The quantitative estimate of drug-likeness (QED) is 0.899. The zero-order valence-electron chi connectivity index (χ0n) is 10.9. The highest BCUT2D eigenvalue weighted by Gasteiger charge is 2.01. The van der Waals surface area contributed by atoms with Gasteiger partial charge in [-0.1, -0.05) is 13.8 Å². The van der Waals surface area contributed by atoms with Gasteiger partial charge in [-0.25, -0.2) is 9.37 Å². The molecule has 0 radical (unpaired) electrons. The largest absolute Gasteiger partial charge is 0.438 e. The van der Waals surface area contributed by atoms with E-state index in [0.717, 1.165) is 5.69 Å². The number of rotatable bonds is 5. The van der Waals surface area contributed by atoms with Crippen LogP contribution < -0.4 is 10.1 Å². The summed E-state index contributed by atoms with van der Waals surface area (Å²) in [5.41, 5.74) is 0.847. The lowest BCUT2D eigenvalue weighted by Gasteiger charge is -2.08. The van der Waals surface area contributed by atoms with Gasteiger partial charge in [-0.3, -0.25) is 4.98 Å². The first-order chi connectivity index (χ1) is 9.13. The van der Waals surface area contributed by atoms with E-state index in [4.69, 9.17) is 4.74 Å². The molecule has 19 heavy (non-hydrogen) atoms. The fourth-order valence-electron chi connectivity index (χ4n) is 1.42. The molecule has 4 nitrogen and oxygen atoms in total. The van der Waals surface area contributed by atoms with E-state index in [9.17, 15) is 4.39 Å². The number of nitrogens with zero attached hydrogens (tertiary/aromatic N) is 2. The van der Waals surface area contributed by atoms with Crippen LogP contribution in [0.5, 0.6) is 11.6 Å². The van der Waals surface area contributed by atoms with Crippen molar-refractivity contribution >= 4 is 0 Å². The Balaban J connectivity index is 1.96. The van der Waals surface area contributed by atoms with Crippen LogP contribution in [0.3, 0.4) is 0 Å². The van der Waals surface area contributed by atoms with Crippen LogP contribution in [0.25, 0.3) is 0 Å². The molecule has 1 heterocycles. The van der Waals surface area contributed by atoms with Crippen molar-refractivity contribution in [2.24, 2.45) is 0 Å². The van der Waals surface area contributed by atoms with Crippen LogP contribution in [0.1, 0.15) is 19.5 Å². The van der Waals surface area contributed by atoms with Crippen molar-refractivity contribution in [3.05, 3.63) is 48.2 Å². The number of nitrogens with one attached hydrogen (secondary N) is 1. The Morgan fingerprint density at radius 1 is 1.16 bits per heavy atom. The molecule has 0 spiro atoms. The first-order valence-corrected chi connectivity index (χ1v) is 6.11. The van der Waals surface area contributed by atoms with E-state index in [1.807, 2.05) is 0 Å². The second-order valence-electron chi connectivity index (χ2n) is 4.44. The Labute approximate surface area is 111 Å². The summed E-state index contributed by atoms with van der Waals surface area (Å²) < 4.78 is 18.2. The van der Waals surface area contributed by atoms with E-state index in [2.05, 4.69) is 29.1 Å². The molecule has 0 saturated carbocycles. The lowest BCUT2D eigenvalue weighted by molar-refractivity contribution is 0.456. The van der Waals surface area contributed by atoms with Crippen LogP contribution >= 0.6 is 0 Å². The molecular formula is C14H16FN3O. The van der Waals surface area contributed by atoms with Crippen LogP contribution in [0, 0.1) is 5.82 Å². The molecule has 100 valence electrons. The van der Waals surface area contributed by atoms with Crippen molar-refractivity contribution in [1.29, 1.82) is 0 Å². The molecule has 1 aromatic carbocycles. The molecule has 0 aliphatic rings. The maximum absolute atomic E-state index is 12.7. The van der Waals surface area contributed by atoms with Gasteiger partial charge in [0.05, 0.1) is 18.1 Å². The third-order valence-corrected chi connectivity index (χ3v) is 2.41. The Morgan fingerprint density at radius 2 is 1.89 bits per heavy atom. The van der Waals surface area contributed by atoms with Gasteiger partial charge in [0.15, 0.2) is 0 Å². The highest BCUT2D eigenvalue weighted by molar-refractivity contribution is 5.26. The van der Waals surface area contributed by atoms with Crippen molar-refractivity contribution in [2.75, 3.05) is 0 Å². The third-order valence-electron chi connectivity index (χ3n) is 2.41. The molecule has 2 aromatic rings. The van der Waals surface area contributed by atoms with Crippen molar-refractivity contribution in [2.45, 2.75) is 26.4 Å². The van der Waals surface area contributed by atoms with Crippen LogP contribution in [-0.2, 0) is 6.54 Å². The number of hydrogen-bond donors (Lipinski definition) is 1. The predicted octanol–water partition coefficient (Wildman–Crippen LogP) is 2.91. The van der Waals surface area contributed by atoms with Crippen LogP contribution in [0.2, 0.25) is 0 Å². The highest BCUT2D eigenvalue weighted by Crippen LogP contribution is 2.18. The Morgan fingerprint density at radius 3 is 2.47 bits per heavy atom. The molecule has 0 fully saturated rings. The summed E-state index contributed by atoms with van der Waals surface area (Å²) in [6.07, 6.45) is 3.22. The van der Waals surface area contributed by atoms with Crippen molar-refractivity contribution in [3.63, 3.8) is 0 Å². The van der Waals surface area contributed by atoms with Gasteiger partial charge in [-0.2, -0.15) is 0 Å². The average molecular weight is 261 g/mol. The summed E-state index contributed by atoms with van der Waals surface area (Å²) in [6, 6.07) is 6.17. The zero-order valence-corrected chi connectivity index (χ0v) is 10.9. The summed E-state index contributed by atoms with van der Waals surface area (Å²) in [7, 11) is 0. The molecule has 0 amide bonds. The van der Waals surface area contributed by atoms with Crippen molar-refractivity contribution < 1.29 is 9.13 Å². The normalized spacial score (nSPS) is 10.7. The molecule has 0 unspecified atom stereocenters. The molecule has 2 rings (SSSR count). The number of halogens is 1.